The summed E-state index contributed by atoms with van der Waals surface area (Å²) < 4.78 is 5.92. The summed E-state index contributed by atoms with van der Waals surface area (Å²) in [6.45, 7) is 2.15. The number of carbonyl (C=O) groups excluding carboxylic acids is 1. The molecule has 1 saturated carbocycles. The van der Waals surface area contributed by atoms with Crippen LogP contribution in [0.5, 0.6) is 0 Å². The first-order valence-electron chi connectivity index (χ1n) is 8.90. The number of anilines is 1. The van der Waals surface area contributed by atoms with Crippen molar-refractivity contribution in [1.82, 2.24) is 9.78 Å². The van der Waals surface area contributed by atoms with E-state index in [1.807, 2.05) is 11.8 Å². The number of benzene rings is 1. The fraction of sp³-hybridized carbons (Fsp3) is 0.421. The summed E-state index contributed by atoms with van der Waals surface area (Å²) in [4.78, 5) is 24.8. The van der Waals surface area contributed by atoms with Crippen LogP contribution in [-0.2, 0) is 4.74 Å². The number of nitrogens with one attached hydrogen (secondary N) is 1. The molecule has 0 spiro atoms. The molecule has 0 radical (unpaired) electrons. The number of thioether (sulfide) groups is 1. The highest BCUT2D eigenvalue weighted by molar-refractivity contribution is 7.99. The van der Waals surface area contributed by atoms with E-state index in [0.29, 0.717) is 16.6 Å². The van der Waals surface area contributed by atoms with Gasteiger partial charge in [-0.05, 0) is 30.7 Å². The number of esters is 1. The van der Waals surface area contributed by atoms with Gasteiger partial charge in [-0.25, -0.2) is 4.79 Å². The van der Waals surface area contributed by atoms with Gasteiger partial charge >= 0.3 is 5.97 Å². The van der Waals surface area contributed by atoms with Gasteiger partial charge < -0.3 is 10.1 Å². The number of halogens is 1. The molecule has 2 unspecified atom stereocenters. The first-order chi connectivity index (χ1) is 13.1. The minimum absolute atomic E-state index is 0.0665. The van der Waals surface area contributed by atoms with Crippen LogP contribution in [0.3, 0.4) is 0 Å². The molecule has 0 saturated heterocycles. The molecule has 1 aromatic heterocycles. The van der Waals surface area contributed by atoms with Gasteiger partial charge in [-0.3, -0.25) is 4.79 Å². The molecule has 1 heterocycles. The molecule has 1 fully saturated rings. The highest BCUT2D eigenvalue weighted by Crippen LogP contribution is 2.33. The second kappa shape index (κ2) is 8.80. The Morgan fingerprint density at radius 3 is 2.93 bits per heavy atom. The standard InChI is InChI=1S/C19H22ClN3O3S/c1-3-27-16-10-6-8-13(16)22-14-11-21-23(18(24)17(14)20)15-9-5-4-7-12(15)19(25)26-2/h4-5,7,9,11,13,16,22H,3,6,8,10H2,1-2H3. The number of hydrogen-bond acceptors (Lipinski definition) is 6. The number of aromatic nitrogens is 2. The molecule has 144 valence electrons. The lowest BCUT2D eigenvalue weighted by Gasteiger charge is -2.22. The molecular weight excluding hydrogens is 386 g/mol. The summed E-state index contributed by atoms with van der Waals surface area (Å²) in [5.74, 6) is 0.517. The smallest absolute Gasteiger partial charge is 0.340 e. The van der Waals surface area contributed by atoms with Gasteiger partial charge in [0.05, 0.1) is 30.2 Å². The van der Waals surface area contributed by atoms with Crippen molar-refractivity contribution in [2.45, 2.75) is 37.5 Å². The summed E-state index contributed by atoms with van der Waals surface area (Å²) in [5.41, 5.74) is 0.641. The molecule has 2 atom stereocenters. The molecule has 2 aromatic rings. The van der Waals surface area contributed by atoms with E-state index in [2.05, 4.69) is 17.3 Å². The van der Waals surface area contributed by atoms with Crippen LogP contribution in [0.25, 0.3) is 5.69 Å². The van der Waals surface area contributed by atoms with E-state index in [9.17, 15) is 9.59 Å². The lowest BCUT2D eigenvalue weighted by molar-refractivity contribution is 0.0600. The maximum atomic E-state index is 12.8. The van der Waals surface area contributed by atoms with Crippen molar-refractivity contribution < 1.29 is 9.53 Å². The lowest BCUT2D eigenvalue weighted by Crippen LogP contribution is -2.29. The number of ether oxygens (including phenoxy) is 1. The molecule has 27 heavy (non-hydrogen) atoms. The monoisotopic (exact) mass is 407 g/mol. The Bertz CT molecular complexity index is 887. The van der Waals surface area contributed by atoms with Crippen LogP contribution in [-0.4, -0.2) is 39.9 Å². The van der Waals surface area contributed by atoms with Gasteiger partial charge in [0.1, 0.15) is 5.02 Å². The third-order valence-corrected chi connectivity index (χ3v) is 6.32. The van der Waals surface area contributed by atoms with Crippen LogP contribution in [0.2, 0.25) is 5.02 Å². The van der Waals surface area contributed by atoms with Crippen molar-refractivity contribution >= 4 is 35.0 Å². The Labute approximate surface area is 167 Å². The Balaban J connectivity index is 1.93. The van der Waals surface area contributed by atoms with Gasteiger partial charge in [0, 0.05) is 11.3 Å². The number of nitrogens with zero attached hydrogens (tertiary/aromatic N) is 2. The number of carbonyl (C=O) groups is 1. The summed E-state index contributed by atoms with van der Waals surface area (Å²) in [6, 6.07) is 6.91. The normalized spacial score (nSPS) is 19.1. The summed E-state index contributed by atoms with van der Waals surface area (Å²) in [7, 11) is 1.29. The average Bonchev–Trinajstić information content (AvgIpc) is 3.12. The lowest BCUT2D eigenvalue weighted by atomic mass is 10.2. The molecule has 0 amide bonds. The highest BCUT2D eigenvalue weighted by Gasteiger charge is 2.28. The van der Waals surface area contributed by atoms with E-state index >= 15 is 0 Å². The second-order valence-corrected chi connectivity index (χ2v) is 8.17. The number of rotatable bonds is 6. The maximum absolute atomic E-state index is 12.8. The quantitative estimate of drug-likeness (QED) is 0.735. The Hall–Kier alpha value is -1.99. The van der Waals surface area contributed by atoms with Gasteiger partial charge in [-0.2, -0.15) is 21.5 Å². The number of hydrogen-bond donors (Lipinski definition) is 1. The highest BCUT2D eigenvalue weighted by atomic mass is 35.5. The van der Waals surface area contributed by atoms with E-state index in [4.69, 9.17) is 16.3 Å². The van der Waals surface area contributed by atoms with Crippen LogP contribution in [0.4, 0.5) is 5.69 Å². The summed E-state index contributed by atoms with van der Waals surface area (Å²) in [5, 5.41) is 8.21. The Morgan fingerprint density at radius 2 is 2.19 bits per heavy atom. The fourth-order valence-electron chi connectivity index (χ4n) is 3.35. The molecule has 1 aliphatic carbocycles. The first kappa shape index (κ1) is 19.8. The summed E-state index contributed by atoms with van der Waals surface area (Å²) in [6.07, 6.45) is 4.90. The van der Waals surface area contributed by atoms with Gasteiger partial charge in [-0.15, -0.1) is 0 Å². The first-order valence-corrected chi connectivity index (χ1v) is 10.3. The Kier molecular flexibility index (Phi) is 6.44. The third-order valence-electron chi connectivity index (χ3n) is 4.63. The van der Waals surface area contributed by atoms with Crippen LogP contribution in [0.1, 0.15) is 36.5 Å². The van der Waals surface area contributed by atoms with Crippen LogP contribution in [0, 0.1) is 0 Å². The molecule has 0 aliphatic heterocycles. The zero-order valence-corrected chi connectivity index (χ0v) is 16.8. The zero-order chi connectivity index (χ0) is 19.4. The molecule has 8 heteroatoms. The van der Waals surface area contributed by atoms with E-state index in [1.165, 1.54) is 7.11 Å². The number of para-hydroxylation sites is 1. The summed E-state index contributed by atoms with van der Waals surface area (Å²) >= 11 is 8.28. The van der Waals surface area contributed by atoms with E-state index < -0.39 is 11.5 Å². The van der Waals surface area contributed by atoms with Crippen molar-refractivity contribution in [3.8, 4) is 5.69 Å². The van der Waals surface area contributed by atoms with Crippen molar-refractivity contribution in [3.63, 3.8) is 0 Å². The topological polar surface area (TPSA) is 73.2 Å². The van der Waals surface area contributed by atoms with Crippen LogP contribution < -0.4 is 10.9 Å². The van der Waals surface area contributed by atoms with Crippen LogP contribution in [0.15, 0.2) is 35.3 Å². The average molecular weight is 408 g/mol. The number of methoxy groups -OCH3 is 1. The SMILES string of the molecule is CCSC1CCCC1Nc1cnn(-c2ccccc2C(=O)OC)c(=O)c1Cl. The third kappa shape index (κ3) is 4.14. The van der Waals surface area contributed by atoms with E-state index in [1.54, 1.807) is 30.5 Å². The van der Waals surface area contributed by atoms with Crippen molar-refractivity contribution in [2.24, 2.45) is 0 Å². The largest absolute Gasteiger partial charge is 0.465 e. The van der Waals surface area contributed by atoms with Gasteiger partial charge in [-0.1, -0.05) is 37.1 Å². The minimum Gasteiger partial charge on any atom is -0.465 e. The molecule has 1 N–H and O–H groups in total. The fourth-order valence-corrected chi connectivity index (χ4v) is 4.73. The van der Waals surface area contributed by atoms with Crippen molar-refractivity contribution in [1.29, 1.82) is 0 Å². The van der Waals surface area contributed by atoms with Crippen molar-refractivity contribution in [3.05, 3.63) is 51.4 Å². The van der Waals surface area contributed by atoms with Gasteiger partial charge in [0.25, 0.3) is 5.56 Å². The van der Waals surface area contributed by atoms with E-state index in [-0.39, 0.29) is 16.6 Å². The van der Waals surface area contributed by atoms with Gasteiger partial charge in [0.15, 0.2) is 0 Å². The zero-order valence-electron chi connectivity index (χ0n) is 15.3. The second-order valence-electron chi connectivity index (χ2n) is 6.27. The minimum atomic E-state index is -0.539. The van der Waals surface area contributed by atoms with Crippen LogP contribution >= 0.6 is 23.4 Å². The predicted octanol–water partition coefficient (Wildman–Crippen LogP) is 3.76. The molecule has 6 nitrogen and oxygen atoms in total. The Morgan fingerprint density at radius 1 is 1.41 bits per heavy atom. The molecule has 3 rings (SSSR count). The maximum Gasteiger partial charge on any atom is 0.340 e. The van der Waals surface area contributed by atoms with Gasteiger partial charge in [0.2, 0.25) is 0 Å². The molecular formula is C19H22ClN3O3S. The van der Waals surface area contributed by atoms with Crippen molar-refractivity contribution in [2.75, 3.05) is 18.2 Å². The predicted molar refractivity (Wildman–Crippen MR) is 109 cm³/mol. The molecule has 1 aliphatic rings. The van der Waals surface area contributed by atoms with E-state index in [0.717, 1.165) is 29.7 Å². The molecule has 1 aromatic carbocycles. The molecule has 0 bridgehead atoms.